The molecular formula is C18H28F4N4O4. The summed E-state index contributed by atoms with van der Waals surface area (Å²) in [5.41, 5.74) is 13.9. The van der Waals surface area contributed by atoms with Crippen LogP contribution in [-0.4, -0.2) is 50.1 Å². The van der Waals surface area contributed by atoms with Crippen molar-refractivity contribution in [2.75, 3.05) is 14.2 Å². The minimum absolute atomic E-state index is 0.165. The first kappa shape index (κ1) is 26.0. The second-order valence-corrected chi connectivity index (χ2v) is 7.61. The molecule has 2 aliphatic carbocycles. The molecule has 30 heavy (non-hydrogen) atoms. The van der Waals surface area contributed by atoms with Crippen molar-refractivity contribution in [3.8, 4) is 0 Å². The van der Waals surface area contributed by atoms with Crippen molar-refractivity contribution in [2.24, 2.45) is 22.7 Å². The van der Waals surface area contributed by atoms with Crippen LogP contribution in [0.2, 0.25) is 0 Å². The first-order valence-electron chi connectivity index (χ1n) is 9.67. The molecule has 0 heterocycles. The molecule has 2 aliphatic rings. The zero-order chi connectivity index (χ0) is 22.9. The number of nitrogens with two attached hydrogens (primary N) is 1. The second-order valence-electron chi connectivity index (χ2n) is 7.61. The summed E-state index contributed by atoms with van der Waals surface area (Å²) in [4.78, 5) is 24.9. The van der Waals surface area contributed by atoms with Gasteiger partial charge < -0.3 is 15.2 Å². The topological polar surface area (TPSA) is 127 Å². The number of nitrogens with zero attached hydrogens (tertiary/aromatic N) is 3. The molecule has 0 spiro atoms. The van der Waals surface area contributed by atoms with Crippen LogP contribution in [0.4, 0.5) is 17.6 Å². The zero-order valence-electron chi connectivity index (χ0n) is 17.0. The van der Waals surface area contributed by atoms with Crippen LogP contribution in [0.5, 0.6) is 0 Å². The Kier molecular flexibility index (Phi) is 9.83. The standard InChI is InChI=1S/C9H13F2N3O2.C9H15F2NO2/c1-16-8(15)7(13-14-12)6-2-4-9(10,11)5-3-6;1-14-8(13)7(12)6-2-4-9(10,11)5-3-6/h6-7H,2-5H2,1H3;6-7H,2-5,12H2,1H3/t2*7-/m00/s1. The number of carbonyl (C=O) groups excluding carboxylic acids is 2. The Bertz CT molecular complexity index is 624. The lowest BCUT2D eigenvalue weighted by Gasteiger charge is -2.30. The summed E-state index contributed by atoms with van der Waals surface area (Å²) in [7, 11) is 2.43. The molecule has 2 atom stereocenters. The molecule has 2 N–H and O–H groups in total. The highest BCUT2D eigenvalue weighted by Gasteiger charge is 2.40. The number of ether oxygens (including phenoxy) is 2. The molecule has 0 aromatic rings. The summed E-state index contributed by atoms with van der Waals surface area (Å²) in [5, 5.41) is 3.33. The van der Waals surface area contributed by atoms with Gasteiger partial charge in [0.15, 0.2) is 0 Å². The molecule has 0 aliphatic heterocycles. The normalized spacial score (nSPS) is 23.0. The third-order valence-corrected chi connectivity index (χ3v) is 5.57. The highest BCUT2D eigenvalue weighted by Crippen LogP contribution is 2.38. The molecule has 172 valence electrons. The number of alkyl halides is 4. The van der Waals surface area contributed by atoms with Crippen molar-refractivity contribution >= 4 is 11.9 Å². The van der Waals surface area contributed by atoms with Crippen molar-refractivity contribution in [3.63, 3.8) is 0 Å². The lowest BCUT2D eigenvalue weighted by atomic mass is 9.82. The number of hydrogen-bond donors (Lipinski definition) is 1. The van der Waals surface area contributed by atoms with Gasteiger partial charge in [-0.2, -0.15) is 0 Å². The van der Waals surface area contributed by atoms with E-state index in [1.165, 1.54) is 14.2 Å². The minimum atomic E-state index is -2.66. The lowest BCUT2D eigenvalue weighted by molar-refractivity contribution is -0.145. The largest absolute Gasteiger partial charge is 0.469 e. The monoisotopic (exact) mass is 440 g/mol. The number of esters is 2. The molecule has 2 saturated carbocycles. The average Bonchev–Trinajstić information content (AvgIpc) is 2.71. The van der Waals surface area contributed by atoms with E-state index in [1.54, 1.807) is 0 Å². The predicted molar refractivity (Wildman–Crippen MR) is 98.8 cm³/mol. The minimum Gasteiger partial charge on any atom is -0.469 e. The number of azide groups is 1. The van der Waals surface area contributed by atoms with E-state index in [0.29, 0.717) is 12.8 Å². The summed E-state index contributed by atoms with van der Waals surface area (Å²) < 4.78 is 60.3. The molecule has 8 nitrogen and oxygen atoms in total. The maximum absolute atomic E-state index is 12.9. The first-order valence-corrected chi connectivity index (χ1v) is 9.67. The molecular weight excluding hydrogens is 412 g/mol. The SMILES string of the molecule is COC(=O)[C@@H](N)C1CCC(F)(F)CC1.COC(=O)[C@@H](N=[N+]=[N-])C1CCC(F)(F)CC1. The molecule has 12 heteroatoms. The molecule has 0 aromatic heterocycles. The van der Waals surface area contributed by atoms with Crippen molar-refractivity contribution in [1.82, 2.24) is 0 Å². The zero-order valence-corrected chi connectivity index (χ0v) is 17.0. The summed E-state index contributed by atoms with van der Waals surface area (Å²) in [6.07, 6.45) is 0.0348. The van der Waals surface area contributed by atoms with Crippen LogP contribution >= 0.6 is 0 Å². The maximum atomic E-state index is 12.9. The second kappa shape index (κ2) is 11.4. The van der Waals surface area contributed by atoms with E-state index in [2.05, 4.69) is 19.5 Å². The van der Waals surface area contributed by atoms with Gasteiger partial charge in [0.2, 0.25) is 11.8 Å². The van der Waals surface area contributed by atoms with E-state index in [-0.39, 0.29) is 50.4 Å². The van der Waals surface area contributed by atoms with Gasteiger partial charge in [-0.3, -0.25) is 9.59 Å². The lowest BCUT2D eigenvalue weighted by Crippen LogP contribution is -2.42. The van der Waals surface area contributed by atoms with E-state index in [4.69, 9.17) is 11.3 Å². The van der Waals surface area contributed by atoms with Crippen LogP contribution < -0.4 is 5.73 Å². The van der Waals surface area contributed by atoms with Gasteiger partial charge in [0.25, 0.3) is 0 Å². The van der Waals surface area contributed by atoms with Gasteiger partial charge in [0.1, 0.15) is 12.1 Å². The summed E-state index contributed by atoms with van der Waals surface area (Å²) in [6, 6.07) is -1.73. The van der Waals surface area contributed by atoms with Gasteiger partial charge in [-0.05, 0) is 43.1 Å². The molecule has 0 radical (unpaired) electrons. The number of hydrogen-bond acceptors (Lipinski definition) is 6. The van der Waals surface area contributed by atoms with Crippen molar-refractivity contribution in [3.05, 3.63) is 10.4 Å². The fourth-order valence-electron chi connectivity index (χ4n) is 3.64. The highest BCUT2D eigenvalue weighted by atomic mass is 19.3. The number of methoxy groups -OCH3 is 2. The Hall–Kier alpha value is -2.07. The fraction of sp³-hybridized carbons (Fsp3) is 0.889. The third-order valence-electron chi connectivity index (χ3n) is 5.57. The van der Waals surface area contributed by atoms with E-state index < -0.39 is 35.9 Å². The van der Waals surface area contributed by atoms with Gasteiger partial charge in [-0.15, -0.1) is 0 Å². The van der Waals surface area contributed by atoms with Crippen molar-refractivity contribution in [2.45, 2.75) is 75.3 Å². The van der Waals surface area contributed by atoms with E-state index in [1.807, 2.05) is 0 Å². The molecule has 0 aromatic carbocycles. The first-order chi connectivity index (χ1) is 14.0. The van der Waals surface area contributed by atoms with Gasteiger partial charge >= 0.3 is 11.9 Å². The molecule has 2 rings (SSSR count). The molecule has 2 fully saturated rings. The van der Waals surface area contributed by atoms with Crippen LogP contribution in [0.15, 0.2) is 5.11 Å². The molecule has 0 unspecified atom stereocenters. The van der Waals surface area contributed by atoms with Crippen LogP contribution in [-0.2, 0) is 19.1 Å². The van der Waals surface area contributed by atoms with Gasteiger partial charge in [-0.1, -0.05) is 5.11 Å². The van der Waals surface area contributed by atoms with Crippen LogP contribution in [0.3, 0.4) is 0 Å². The summed E-state index contributed by atoms with van der Waals surface area (Å²) >= 11 is 0. The summed E-state index contributed by atoms with van der Waals surface area (Å²) in [6.45, 7) is 0. The molecule has 0 amide bonds. The van der Waals surface area contributed by atoms with Gasteiger partial charge in [-0.25, -0.2) is 17.6 Å². The van der Waals surface area contributed by atoms with Crippen LogP contribution in [0.25, 0.3) is 10.4 Å². The van der Waals surface area contributed by atoms with Gasteiger partial charge in [0.05, 0.1) is 14.2 Å². The number of rotatable bonds is 5. The maximum Gasteiger partial charge on any atom is 0.322 e. The van der Waals surface area contributed by atoms with E-state index >= 15 is 0 Å². The smallest absolute Gasteiger partial charge is 0.322 e. The quantitative estimate of drug-likeness (QED) is 0.227. The van der Waals surface area contributed by atoms with Crippen LogP contribution in [0, 0.1) is 11.8 Å². The number of halogens is 4. The van der Waals surface area contributed by atoms with Crippen LogP contribution in [0.1, 0.15) is 51.4 Å². The number of carbonyl (C=O) groups is 2. The third kappa shape index (κ3) is 7.98. The highest BCUT2D eigenvalue weighted by molar-refractivity contribution is 5.76. The van der Waals surface area contributed by atoms with Crippen molar-refractivity contribution < 1.29 is 36.6 Å². The predicted octanol–water partition coefficient (Wildman–Crippen LogP) is 3.98. The average molecular weight is 440 g/mol. The Morgan fingerprint density at radius 1 is 0.933 bits per heavy atom. The Balaban J connectivity index is 0.000000303. The Labute approximate surface area is 172 Å². The van der Waals surface area contributed by atoms with Gasteiger partial charge in [0, 0.05) is 30.6 Å². The molecule has 0 saturated heterocycles. The fourth-order valence-corrected chi connectivity index (χ4v) is 3.64. The Morgan fingerprint density at radius 3 is 1.70 bits per heavy atom. The van der Waals surface area contributed by atoms with E-state index in [0.717, 1.165) is 0 Å². The van der Waals surface area contributed by atoms with Crippen molar-refractivity contribution in [1.29, 1.82) is 0 Å². The Morgan fingerprint density at radius 2 is 1.33 bits per heavy atom. The van der Waals surface area contributed by atoms with E-state index in [9.17, 15) is 27.2 Å². The summed E-state index contributed by atoms with van der Waals surface area (Å²) in [5.74, 6) is -6.92. The molecule has 0 bridgehead atoms.